The molecule has 0 bridgehead atoms. The van der Waals surface area contributed by atoms with Gasteiger partial charge >= 0.3 is 0 Å². The van der Waals surface area contributed by atoms with Crippen LogP contribution in [0.2, 0.25) is 0 Å². The van der Waals surface area contributed by atoms with Gasteiger partial charge in [0.1, 0.15) is 11.5 Å². The van der Waals surface area contributed by atoms with Crippen LogP contribution in [0.4, 0.5) is 0 Å². The van der Waals surface area contributed by atoms with E-state index in [1.165, 1.54) is 6.42 Å². The van der Waals surface area contributed by atoms with Gasteiger partial charge in [-0.25, -0.2) is 0 Å². The maximum Gasteiger partial charge on any atom is 0.119 e. The van der Waals surface area contributed by atoms with Crippen molar-refractivity contribution in [1.82, 2.24) is 0 Å². The number of aryl methyl sites for hydroxylation is 1. The Morgan fingerprint density at radius 2 is 1.79 bits per heavy atom. The van der Waals surface area contributed by atoms with Gasteiger partial charge in [0.25, 0.3) is 0 Å². The van der Waals surface area contributed by atoms with Crippen LogP contribution in [0, 0.1) is 0 Å². The van der Waals surface area contributed by atoms with Crippen LogP contribution in [0.3, 0.4) is 0 Å². The molecule has 0 radical (unpaired) electrons. The number of phenolic OH excluding ortho intramolecular Hbond substituents is 1. The summed E-state index contributed by atoms with van der Waals surface area (Å²) in [6, 6.07) is 5.24. The molecule has 1 aromatic rings. The highest BCUT2D eigenvalue weighted by atomic mass is 16.5. The second-order valence-corrected chi connectivity index (χ2v) is 3.06. The molecule has 1 N–H and O–H groups in total. The van der Waals surface area contributed by atoms with Crippen LogP contribution in [0.15, 0.2) is 18.2 Å². The van der Waals surface area contributed by atoms with E-state index in [0.29, 0.717) is 5.75 Å². The zero-order valence-electron chi connectivity index (χ0n) is 9.50. The van der Waals surface area contributed by atoms with E-state index in [1.807, 2.05) is 13.0 Å². The van der Waals surface area contributed by atoms with Gasteiger partial charge in [-0.2, -0.15) is 0 Å². The van der Waals surface area contributed by atoms with Crippen LogP contribution in [-0.2, 0) is 6.42 Å². The molecule has 1 aromatic carbocycles. The first-order valence-corrected chi connectivity index (χ1v) is 5.05. The highest BCUT2D eigenvalue weighted by molar-refractivity contribution is 5.39. The lowest BCUT2D eigenvalue weighted by molar-refractivity contribution is 0.411. The fourth-order valence-electron chi connectivity index (χ4n) is 0.972. The second-order valence-electron chi connectivity index (χ2n) is 3.06. The fraction of sp³-hybridized carbons (Fsp3) is 0.500. The predicted molar refractivity (Wildman–Crippen MR) is 60.0 cm³/mol. The van der Waals surface area contributed by atoms with E-state index in [2.05, 4.69) is 13.8 Å². The molecule has 0 aliphatic carbocycles. The number of aromatic hydroxyl groups is 1. The molecule has 0 heterocycles. The topological polar surface area (TPSA) is 29.5 Å². The summed E-state index contributed by atoms with van der Waals surface area (Å²) < 4.78 is 5.00. The van der Waals surface area contributed by atoms with Crippen LogP contribution in [0.5, 0.6) is 11.5 Å². The Kier molecular flexibility index (Phi) is 6.63. The molecule has 14 heavy (non-hydrogen) atoms. The summed E-state index contributed by atoms with van der Waals surface area (Å²) in [7, 11) is 1.62. The lowest BCUT2D eigenvalue weighted by Crippen LogP contribution is -1.85. The van der Waals surface area contributed by atoms with Crippen LogP contribution in [0.1, 0.15) is 32.8 Å². The molecule has 1 rings (SSSR count). The monoisotopic (exact) mass is 196 g/mol. The SMILES string of the molecule is CCC.CCc1cc(OC)ccc1O. The summed E-state index contributed by atoms with van der Waals surface area (Å²) in [5.41, 5.74) is 0.921. The van der Waals surface area contributed by atoms with Crippen molar-refractivity contribution in [3.8, 4) is 11.5 Å². The second kappa shape index (κ2) is 7.25. The van der Waals surface area contributed by atoms with Gasteiger partial charge in [0.05, 0.1) is 7.11 Å². The Morgan fingerprint density at radius 1 is 1.21 bits per heavy atom. The van der Waals surface area contributed by atoms with Gasteiger partial charge in [0, 0.05) is 0 Å². The average Bonchev–Trinajstić information content (AvgIpc) is 2.20. The van der Waals surface area contributed by atoms with E-state index in [4.69, 9.17) is 4.74 Å². The smallest absolute Gasteiger partial charge is 0.119 e. The van der Waals surface area contributed by atoms with Crippen molar-refractivity contribution in [3.05, 3.63) is 23.8 Å². The number of benzene rings is 1. The zero-order chi connectivity index (χ0) is 11.0. The maximum absolute atomic E-state index is 9.27. The zero-order valence-corrected chi connectivity index (χ0v) is 9.50. The first kappa shape index (κ1) is 12.8. The van der Waals surface area contributed by atoms with Gasteiger partial charge in [0.2, 0.25) is 0 Å². The summed E-state index contributed by atoms with van der Waals surface area (Å²) in [4.78, 5) is 0. The molecule has 0 aliphatic rings. The molecule has 2 nitrogen and oxygen atoms in total. The lowest BCUT2D eigenvalue weighted by Gasteiger charge is -2.03. The molecule has 0 spiro atoms. The highest BCUT2D eigenvalue weighted by Crippen LogP contribution is 2.22. The van der Waals surface area contributed by atoms with Crippen LogP contribution >= 0.6 is 0 Å². The van der Waals surface area contributed by atoms with Crippen molar-refractivity contribution < 1.29 is 9.84 Å². The van der Waals surface area contributed by atoms with Crippen molar-refractivity contribution in [1.29, 1.82) is 0 Å². The molecular weight excluding hydrogens is 176 g/mol. The van der Waals surface area contributed by atoms with Crippen molar-refractivity contribution in [2.75, 3.05) is 7.11 Å². The number of hydrogen-bond donors (Lipinski definition) is 1. The minimum atomic E-state index is 0.341. The number of ether oxygens (including phenoxy) is 1. The Hall–Kier alpha value is -1.18. The maximum atomic E-state index is 9.27. The van der Waals surface area contributed by atoms with E-state index in [-0.39, 0.29) is 0 Å². The molecular formula is C12H20O2. The minimum absolute atomic E-state index is 0.341. The summed E-state index contributed by atoms with van der Waals surface area (Å²) in [6.45, 7) is 6.24. The molecule has 80 valence electrons. The minimum Gasteiger partial charge on any atom is -0.508 e. The third kappa shape index (κ3) is 4.17. The summed E-state index contributed by atoms with van der Waals surface area (Å²) >= 11 is 0. The molecule has 0 aliphatic heterocycles. The Balaban J connectivity index is 0.000000500. The molecule has 0 fully saturated rings. The largest absolute Gasteiger partial charge is 0.508 e. The third-order valence-corrected chi connectivity index (χ3v) is 1.67. The highest BCUT2D eigenvalue weighted by Gasteiger charge is 1.99. The van der Waals surface area contributed by atoms with E-state index >= 15 is 0 Å². The average molecular weight is 196 g/mol. The van der Waals surface area contributed by atoms with Gasteiger partial charge in [-0.05, 0) is 30.2 Å². The van der Waals surface area contributed by atoms with Crippen LogP contribution in [-0.4, -0.2) is 12.2 Å². The van der Waals surface area contributed by atoms with Crippen molar-refractivity contribution in [2.24, 2.45) is 0 Å². The Labute approximate surface area is 86.5 Å². The predicted octanol–water partition coefficient (Wildman–Crippen LogP) is 3.38. The van der Waals surface area contributed by atoms with Crippen LogP contribution < -0.4 is 4.74 Å². The molecule has 0 saturated carbocycles. The molecule has 0 atom stereocenters. The molecule has 0 amide bonds. The Morgan fingerprint density at radius 3 is 2.21 bits per heavy atom. The van der Waals surface area contributed by atoms with Crippen molar-refractivity contribution in [2.45, 2.75) is 33.6 Å². The standard InChI is InChI=1S/C9H12O2.C3H8/c1-3-7-6-8(11-2)4-5-9(7)10;1-3-2/h4-6,10H,3H2,1-2H3;3H2,1-2H3. The van der Waals surface area contributed by atoms with Gasteiger partial charge < -0.3 is 9.84 Å². The van der Waals surface area contributed by atoms with Crippen molar-refractivity contribution in [3.63, 3.8) is 0 Å². The number of hydrogen-bond acceptors (Lipinski definition) is 2. The molecule has 0 unspecified atom stereocenters. The van der Waals surface area contributed by atoms with Crippen molar-refractivity contribution >= 4 is 0 Å². The first-order valence-electron chi connectivity index (χ1n) is 5.05. The molecule has 2 heteroatoms. The van der Waals surface area contributed by atoms with E-state index < -0.39 is 0 Å². The summed E-state index contributed by atoms with van der Waals surface area (Å²) in [5.74, 6) is 1.13. The molecule has 0 aromatic heterocycles. The van der Waals surface area contributed by atoms with Crippen LogP contribution in [0.25, 0.3) is 0 Å². The van der Waals surface area contributed by atoms with Gasteiger partial charge in [-0.3, -0.25) is 0 Å². The summed E-state index contributed by atoms with van der Waals surface area (Å²) in [5, 5.41) is 9.27. The summed E-state index contributed by atoms with van der Waals surface area (Å²) in [6.07, 6.45) is 2.07. The Bertz CT molecular complexity index is 256. The van der Waals surface area contributed by atoms with Gasteiger partial charge in [0.15, 0.2) is 0 Å². The third-order valence-electron chi connectivity index (χ3n) is 1.67. The normalized spacial score (nSPS) is 8.86. The fourth-order valence-corrected chi connectivity index (χ4v) is 0.972. The van der Waals surface area contributed by atoms with Gasteiger partial charge in [-0.15, -0.1) is 0 Å². The van der Waals surface area contributed by atoms with E-state index in [1.54, 1.807) is 19.2 Å². The number of phenols is 1. The quantitative estimate of drug-likeness (QED) is 0.785. The molecule has 0 saturated heterocycles. The lowest BCUT2D eigenvalue weighted by atomic mass is 10.1. The number of methoxy groups -OCH3 is 1. The van der Waals surface area contributed by atoms with E-state index in [0.717, 1.165) is 17.7 Å². The first-order chi connectivity index (χ1) is 6.69. The van der Waals surface area contributed by atoms with Gasteiger partial charge in [-0.1, -0.05) is 27.2 Å². The van der Waals surface area contributed by atoms with E-state index in [9.17, 15) is 5.11 Å². The number of rotatable bonds is 2.